The average Bonchev–Trinajstić information content (AvgIpc) is 2.18. The van der Waals surface area contributed by atoms with Crippen LogP contribution < -0.4 is 5.32 Å². The van der Waals surface area contributed by atoms with E-state index in [1.54, 1.807) is 0 Å². The largest absolute Gasteiger partial charge is 0.307 e. The van der Waals surface area contributed by atoms with Crippen molar-refractivity contribution in [3.05, 3.63) is 10.1 Å². The van der Waals surface area contributed by atoms with Crippen molar-refractivity contribution in [3.63, 3.8) is 0 Å². The summed E-state index contributed by atoms with van der Waals surface area (Å²) in [4.78, 5) is 10.5. The van der Waals surface area contributed by atoms with Gasteiger partial charge in [0.15, 0.2) is 0 Å². The van der Waals surface area contributed by atoms with E-state index >= 15 is 0 Å². The number of alkyl halides is 1. The van der Waals surface area contributed by atoms with Crippen molar-refractivity contribution in [3.8, 4) is 0 Å². The molecule has 1 N–H and O–H groups in total. The zero-order valence-electron chi connectivity index (χ0n) is 7.99. The molecular formula is C9H15ClN2O2. The van der Waals surface area contributed by atoms with Crippen molar-refractivity contribution < 1.29 is 4.92 Å². The fourth-order valence-electron chi connectivity index (χ4n) is 2.65. The third-order valence-corrected chi connectivity index (χ3v) is 4.07. The number of piperidine rings is 1. The van der Waals surface area contributed by atoms with Gasteiger partial charge in [0, 0.05) is 11.0 Å². The predicted octanol–water partition coefficient (Wildman–Crippen LogP) is 1.40. The fraction of sp³-hybridized carbons (Fsp3) is 1.00. The molecule has 0 aromatic rings. The minimum Gasteiger partial charge on any atom is -0.307 e. The lowest BCUT2D eigenvalue weighted by Crippen LogP contribution is -2.57. The highest BCUT2D eigenvalue weighted by molar-refractivity contribution is 6.21. The van der Waals surface area contributed by atoms with E-state index in [0.717, 1.165) is 19.3 Å². The molecule has 4 unspecified atom stereocenters. The maximum Gasteiger partial charge on any atom is 0.241 e. The van der Waals surface area contributed by atoms with Gasteiger partial charge in [0.05, 0.1) is 6.54 Å². The Kier molecular flexibility index (Phi) is 2.93. The molecule has 0 radical (unpaired) electrons. The second kappa shape index (κ2) is 4.03. The first-order valence-corrected chi connectivity index (χ1v) is 5.64. The van der Waals surface area contributed by atoms with Crippen LogP contribution in [-0.2, 0) is 0 Å². The van der Waals surface area contributed by atoms with Gasteiger partial charge in [-0.05, 0) is 18.8 Å². The van der Waals surface area contributed by atoms with Gasteiger partial charge in [-0.2, -0.15) is 0 Å². The SMILES string of the molecule is O=[N+]([O-])C1CNC2CCCCC2C1Cl. The normalized spacial score (nSPS) is 42.9. The van der Waals surface area contributed by atoms with E-state index in [1.807, 2.05) is 0 Å². The summed E-state index contributed by atoms with van der Waals surface area (Å²) in [6, 6.07) is -0.182. The third-order valence-electron chi connectivity index (χ3n) is 3.46. The van der Waals surface area contributed by atoms with E-state index in [0.29, 0.717) is 18.5 Å². The number of rotatable bonds is 1. The number of hydrogen-bond acceptors (Lipinski definition) is 3. The van der Waals surface area contributed by atoms with Gasteiger partial charge in [0.1, 0.15) is 5.38 Å². The highest BCUT2D eigenvalue weighted by Gasteiger charge is 2.44. The van der Waals surface area contributed by atoms with Crippen LogP contribution in [-0.4, -0.2) is 28.9 Å². The standard InChI is InChI=1S/C9H15ClN2O2/c10-9-6-3-1-2-4-7(6)11-5-8(9)12(13)14/h6-9,11H,1-5H2. The van der Waals surface area contributed by atoms with Crippen molar-refractivity contribution in [2.24, 2.45) is 5.92 Å². The molecule has 80 valence electrons. The van der Waals surface area contributed by atoms with Gasteiger partial charge in [-0.1, -0.05) is 12.8 Å². The van der Waals surface area contributed by atoms with Crippen LogP contribution >= 0.6 is 11.6 Å². The zero-order valence-corrected chi connectivity index (χ0v) is 8.74. The molecule has 0 bridgehead atoms. The number of nitrogens with one attached hydrogen (secondary N) is 1. The molecular weight excluding hydrogens is 204 g/mol. The smallest absolute Gasteiger partial charge is 0.241 e. The first-order valence-electron chi connectivity index (χ1n) is 5.21. The van der Waals surface area contributed by atoms with Gasteiger partial charge >= 0.3 is 0 Å². The Balaban J connectivity index is 2.06. The van der Waals surface area contributed by atoms with Crippen LogP contribution in [0.4, 0.5) is 0 Å². The molecule has 2 rings (SSSR count). The fourth-order valence-corrected chi connectivity index (χ4v) is 3.14. The first-order chi connectivity index (χ1) is 6.70. The molecule has 4 atom stereocenters. The lowest BCUT2D eigenvalue weighted by molar-refractivity contribution is -0.524. The van der Waals surface area contributed by atoms with Crippen LogP contribution in [0, 0.1) is 16.0 Å². The summed E-state index contributed by atoms with van der Waals surface area (Å²) in [6.45, 7) is 0.433. The van der Waals surface area contributed by atoms with Gasteiger partial charge in [0.2, 0.25) is 6.04 Å². The predicted molar refractivity (Wildman–Crippen MR) is 54.2 cm³/mol. The number of hydrogen-bond donors (Lipinski definition) is 1. The molecule has 0 amide bonds. The molecule has 2 fully saturated rings. The van der Waals surface area contributed by atoms with E-state index in [1.165, 1.54) is 6.42 Å². The average molecular weight is 219 g/mol. The van der Waals surface area contributed by atoms with Crippen LogP contribution in [0.3, 0.4) is 0 Å². The van der Waals surface area contributed by atoms with Gasteiger partial charge in [0.25, 0.3) is 0 Å². The van der Waals surface area contributed by atoms with Crippen molar-refractivity contribution in [1.82, 2.24) is 5.32 Å². The van der Waals surface area contributed by atoms with E-state index in [4.69, 9.17) is 11.6 Å². The molecule has 1 saturated heterocycles. The summed E-state index contributed by atoms with van der Waals surface area (Å²) in [5, 5.41) is 13.7. The summed E-state index contributed by atoms with van der Waals surface area (Å²) >= 11 is 6.17. The van der Waals surface area contributed by atoms with Crippen LogP contribution in [0.25, 0.3) is 0 Å². The molecule has 1 heterocycles. The van der Waals surface area contributed by atoms with Crippen LogP contribution in [0.5, 0.6) is 0 Å². The third kappa shape index (κ3) is 1.73. The molecule has 1 aliphatic heterocycles. The summed E-state index contributed by atoms with van der Waals surface area (Å²) in [5.41, 5.74) is 0. The Morgan fingerprint density at radius 3 is 2.79 bits per heavy atom. The number of halogens is 1. The maximum absolute atomic E-state index is 10.7. The maximum atomic E-state index is 10.7. The molecule has 4 nitrogen and oxygen atoms in total. The minimum atomic E-state index is -0.601. The Hall–Kier alpha value is -0.350. The lowest BCUT2D eigenvalue weighted by Gasteiger charge is -2.40. The highest BCUT2D eigenvalue weighted by atomic mass is 35.5. The van der Waals surface area contributed by atoms with Gasteiger partial charge in [-0.15, -0.1) is 11.6 Å². The summed E-state index contributed by atoms with van der Waals surface area (Å²) < 4.78 is 0. The Labute approximate surface area is 88.2 Å². The second-order valence-electron chi connectivity index (χ2n) is 4.26. The number of nitrogens with zero attached hydrogens (tertiary/aromatic N) is 1. The molecule has 1 saturated carbocycles. The molecule has 0 spiro atoms. The molecule has 2 aliphatic rings. The Morgan fingerprint density at radius 2 is 2.07 bits per heavy atom. The summed E-state index contributed by atoms with van der Waals surface area (Å²) in [7, 11) is 0. The molecule has 1 aliphatic carbocycles. The highest BCUT2D eigenvalue weighted by Crippen LogP contribution is 2.34. The van der Waals surface area contributed by atoms with Crippen molar-refractivity contribution in [2.75, 3.05) is 6.54 Å². The Bertz CT molecular complexity index is 237. The molecule has 0 aromatic heterocycles. The van der Waals surface area contributed by atoms with E-state index in [2.05, 4.69) is 5.32 Å². The molecule has 14 heavy (non-hydrogen) atoms. The molecule has 0 aromatic carbocycles. The van der Waals surface area contributed by atoms with Crippen molar-refractivity contribution in [1.29, 1.82) is 0 Å². The summed E-state index contributed by atoms with van der Waals surface area (Å²) in [6.07, 6.45) is 4.55. The number of nitro groups is 1. The van der Waals surface area contributed by atoms with E-state index < -0.39 is 6.04 Å². The molecule has 5 heteroatoms. The van der Waals surface area contributed by atoms with Gasteiger partial charge in [-0.3, -0.25) is 10.1 Å². The summed E-state index contributed by atoms with van der Waals surface area (Å²) in [5.74, 6) is 0.301. The van der Waals surface area contributed by atoms with E-state index in [-0.39, 0.29) is 10.3 Å². The number of fused-ring (bicyclic) bond motifs is 1. The first kappa shape index (κ1) is 10.2. The quantitative estimate of drug-likeness (QED) is 0.411. The van der Waals surface area contributed by atoms with Gasteiger partial charge < -0.3 is 5.32 Å². The monoisotopic (exact) mass is 218 g/mol. The van der Waals surface area contributed by atoms with Crippen molar-refractivity contribution in [2.45, 2.75) is 43.1 Å². The van der Waals surface area contributed by atoms with Crippen molar-refractivity contribution >= 4 is 11.6 Å². The lowest BCUT2D eigenvalue weighted by atomic mass is 9.78. The second-order valence-corrected chi connectivity index (χ2v) is 4.76. The topological polar surface area (TPSA) is 55.2 Å². The van der Waals surface area contributed by atoms with Gasteiger partial charge in [-0.25, -0.2) is 0 Å². The van der Waals surface area contributed by atoms with Crippen LogP contribution in [0.1, 0.15) is 25.7 Å². The van der Waals surface area contributed by atoms with Crippen LogP contribution in [0.2, 0.25) is 0 Å². The Morgan fingerprint density at radius 1 is 1.36 bits per heavy atom. The zero-order chi connectivity index (χ0) is 10.1. The minimum absolute atomic E-state index is 0.241. The van der Waals surface area contributed by atoms with E-state index in [9.17, 15) is 10.1 Å². The van der Waals surface area contributed by atoms with Crippen LogP contribution in [0.15, 0.2) is 0 Å².